The van der Waals surface area contributed by atoms with Crippen molar-refractivity contribution in [1.29, 1.82) is 0 Å². The number of aryl methyl sites for hydroxylation is 1. The number of aromatic nitrogens is 2. The van der Waals surface area contributed by atoms with Gasteiger partial charge in [-0.15, -0.1) is 0 Å². The van der Waals surface area contributed by atoms with Gasteiger partial charge in [-0.1, -0.05) is 6.07 Å². The Hall–Kier alpha value is -1.86. The van der Waals surface area contributed by atoms with E-state index in [1.807, 2.05) is 10.8 Å². The molecule has 1 aromatic heterocycles. The van der Waals surface area contributed by atoms with Gasteiger partial charge in [-0.3, -0.25) is 4.90 Å². The summed E-state index contributed by atoms with van der Waals surface area (Å²) in [6.45, 7) is 2.72. The first-order valence-electron chi connectivity index (χ1n) is 8.09. The molecule has 1 unspecified atom stereocenters. The Morgan fingerprint density at radius 2 is 2.00 bits per heavy atom. The van der Waals surface area contributed by atoms with Gasteiger partial charge in [0.05, 0.1) is 11.9 Å². The third-order valence-electron chi connectivity index (χ3n) is 4.54. The van der Waals surface area contributed by atoms with Crippen molar-refractivity contribution < 1.29 is 13.2 Å². The molecule has 0 saturated heterocycles. The molecule has 1 aliphatic rings. The molecule has 2 heterocycles. The van der Waals surface area contributed by atoms with Gasteiger partial charge in [0.2, 0.25) is 0 Å². The highest BCUT2D eigenvalue weighted by molar-refractivity contribution is 5.39. The molecule has 130 valence electrons. The molecule has 4 nitrogen and oxygen atoms in total. The Morgan fingerprint density at radius 1 is 1.21 bits per heavy atom. The van der Waals surface area contributed by atoms with Gasteiger partial charge in [0.25, 0.3) is 0 Å². The number of rotatable bonds is 6. The van der Waals surface area contributed by atoms with Gasteiger partial charge < -0.3 is 10.3 Å². The van der Waals surface area contributed by atoms with Gasteiger partial charge >= 0.3 is 6.18 Å². The molecule has 7 heteroatoms. The molecule has 2 N–H and O–H groups in total. The van der Waals surface area contributed by atoms with E-state index in [1.165, 1.54) is 6.07 Å². The van der Waals surface area contributed by atoms with Crippen LogP contribution in [0.2, 0.25) is 0 Å². The number of benzene rings is 1. The molecule has 0 spiro atoms. The number of nitrogens with two attached hydrogens (primary N) is 1. The van der Waals surface area contributed by atoms with Crippen LogP contribution in [0.25, 0.3) is 0 Å². The van der Waals surface area contributed by atoms with Crippen LogP contribution < -0.4 is 5.73 Å². The van der Waals surface area contributed by atoms with Crippen LogP contribution in [0.3, 0.4) is 0 Å². The summed E-state index contributed by atoms with van der Waals surface area (Å²) in [5.74, 6) is 0. The molecule has 0 fully saturated rings. The van der Waals surface area contributed by atoms with E-state index in [2.05, 4.69) is 9.88 Å². The summed E-state index contributed by atoms with van der Waals surface area (Å²) in [6.07, 6.45) is 3.11. The minimum absolute atomic E-state index is 0.129. The zero-order valence-corrected chi connectivity index (χ0v) is 13.3. The van der Waals surface area contributed by atoms with Crippen molar-refractivity contribution in [2.75, 3.05) is 13.1 Å². The number of fused-ring (bicyclic) bond motifs is 1. The number of hydrogen-bond acceptors (Lipinski definition) is 3. The van der Waals surface area contributed by atoms with Gasteiger partial charge in [-0.25, -0.2) is 4.98 Å². The van der Waals surface area contributed by atoms with Gasteiger partial charge in [0.15, 0.2) is 0 Å². The van der Waals surface area contributed by atoms with Crippen molar-refractivity contribution in [1.82, 2.24) is 14.5 Å². The zero-order valence-electron chi connectivity index (χ0n) is 13.3. The molecule has 0 bridgehead atoms. The first-order valence-corrected chi connectivity index (χ1v) is 8.09. The van der Waals surface area contributed by atoms with Crippen molar-refractivity contribution in [2.45, 2.75) is 38.1 Å². The SMILES string of the molecule is NCC1c2cc(C(F)(F)F)ccc2CN1CCCCn1ccnc1. The van der Waals surface area contributed by atoms with Crippen molar-refractivity contribution in [3.05, 3.63) is 53.6 Å². The fourth-order valence-corrected chi connectivity index (χ4v) is 3.29. The third-order valence-corrected chi connectivity index (χ3v) is 4.54. The molecule has 0 radical (unpaired) electrons. The first-order chi connectivity index (χ1) is 11.5. The summed E-state index contributed by atoms with van der Waals surface area (Å²) in [5.41, 5.74) is 6.92. The predicted octanol–water partition coefficient (Wildman–Crippen LogP) is 3.20. The predicted molar refractivity (Wildman–Crippen MR) is 85.1 cm³/mol. The van der Waals surface area contributed by atoms with Crippen LogP contribution >= 0.6 is 0 Å². The first kappa shape index (κ1) is 17.0. The maximum absolute atomic E-state index is 12.9. The summed E-state index contributed by atoms with van der Waals surface area (Å²) in [5, 5.41) is 0. The van der Waals surface area contributed by atoms with Crippen LogP contribution in [0.1, 0.15) is 35.6 Å². The van der Waals surface area contributed by atoms with E-state index < -0.39 is 11.7 Å². The quantitative estimate of drug-likeness (QED) is 0.823. The second-order valence-electron chi connectivity index (χ2n) is 6.14. The summed E-state index contributed by atoms with van der Waals surface area (Å²) < 4.78 is 40.8. The maximum Gasteiger partial charge on any atom is 0.416 e. The van der Waals surface area contributed by atoms with Crippen LogP contribution in [0.15, 0.2) is 36.9 Å². The number of alkyl halides is 3. The number of hydrogen-bond donors (Lipinski definition) is 1. The highest BCUT2D eigenvalue weighted by Crippen LogP contribution is 2.37. The van der Waals surface area contributed by atoms with E-state index in [-0.39, 0.29) is 6.04 Å². The molecular weight excluding hydrogens is 317 g/mol. The molecule has 0 saturated carbocycles. The number of unbranched alkanes of at least 4 members (excludes halogenated alkanes) is 1. The zero-order chi connectivity index (χ0) is 17.2. The monoisotopic (exact) mass is 338 g/mol. The van der Waals surface area contributed by atoms with E-state index in [9.17, 15) is 13.2 Å². The average Bonchev–Trinajstić information content (AvgIpc) is 3.17. The topological polar surface area (TPSA) is 47.1 Å². The maximum atomic E-state index is 12.9. The van der Waals surface area contributed by atoms with Gasteiger partial charge in [-0.05, 0) is 42.6 Å². The van der Waals surface area contributed by atoms with E-state index in [1.54, 1.807) is 18.6 Å². The molecular formula is C17H21F3N4. The molecule has 2 aromatic rings. The molecule has 0 amide bonds. The van der Waals surface area contributed by atoms with Crippen molar-refractivity contribution >= 4 is 0 Å². The Labute approximate surface area is 139 Å². The standard InChI is InChI=1S/C17H21F3N4/c18-17(19,20)14-4-3-13-11-24(16(10-21)15(13)9-14)7-2-1-6-23-8-5-22-12-23/h3-5,8-9,12,16H,1-2,6-7,10-11,21H2. The molecule has 0 aliphatic carbocycles. The molecule has 3 rings (SSSR count). The molecule has 24 heavy (non-hydrogen) atoms. The summed E-state index contributed by atoms with van der Waals surface area (Å²) in [4.78, 5) is 6.18. The molecule has 1 atom stereocenters. The smallest absolute Gasteiger partial charge is 0.337 e. The van der Waals surface area contributed by atoms with Crippen molar-refractivity contribution in [2.24, 2.45) is 5.73 Å². The van der Waals surface area contributed by atoms with E-state index in [4.69, 9.17) is 5.73 Å². The Bertz CT molecular complexity index is 667. The Morgan fingerprint density at radius 3 is 2.67 bits per heavy atom. The summed E-state index contributed by atoms with van der Waals surface area (Å²) >= 11 is 0. The van der Waals surface area contributed by atoms with E-state index in [0.29, 0.717) is 13.1 Å². The second kappa shape index (κ2) is 6.94. The van der Waals surface area contributed by atoms with Gasteiger partial charge in [-0.2, -0.15) is 13.2 Å². The fraction of sp³-hybridized carbons (Fsp3) is 0.471. The third kappa shape index (κ3) is 3.62. The highest BCUT2D eigenvalue weighted by Gasteiger charge is 2.35. The largest absolute Gasteiger partial charge is 0.416 e. The van der Waals surface area contributed by atoms with E-state index >= 15 is 0 Å². The number of halogens is 3. The van der Waals surface area contributed by atoms with Crippen molar-refractivity contribution in [3.63, 3.8) is 0 Å². The number of nitrogens with zero attached hydrogens (tertiary/aromatic N) is 3. The lowest BCUT2D eigenvalue weighted by molar-refractivity contribution is -0.137. The van der Waals surface area contributed by atoms with Crippen LogP contribution in [0.4, 0.5) is 13.2 Å². The minimum Gasteiger partial charge on any atom is -0.337 e. The lowest BCUT2D eigenvalue weighted by Gasteiger charge is -2.24. The van der Waals surface area contributed by atoms with Crippen LogP contribution in [0, 0.1) is 0 Å². The summed E-state index contributed by atoms with van der Waals surface area (Å²) in [6, 6.07) is 3.88. The normalized spacial score (nSPS) is 18.1. The Balaban J connectivity index is 1.61. The lowest BCUT2D eigenvalue weighted by atomic mass is 10.0. The van der Waals surface area contributed by atoms with Gasteiger partial charge in [0, 0.05) is 38.1 Å². The number of imidazole rings is 1. The summed E-state index contributed by atoms with van der Waals surface area (Å²) in [7, 11) is 0. The van der Waals surface area contributed by atoms with Crippen LogP contribution in [0.5, 0.6) is 0 Å². The van der Waals surface area contributed by atoms with Crippen LogP contribution in [-0.4, -0.2) is 27.5 Å². The van der Waals surface area contributed by atoms with Crippen molar-refractivity contribution in [3.8, 4) is 0 Å². The average molecular weight is 338 g/mol. The molecule has 1 aliphatic heterocycles. The van der Waals surface area contributed by atoms with Crippen LogP contribution in [-0.2, 0) is 19.3 Å². The second-order valence-corrected chi connectivity index (χ2v) is 6.14. The fourth-order valence-electron chi connectivity index (χ4n) is 3.29. The van der Waals surface area contributed by atoms with E-state index in [0.717, 1.165) is 43.1 Å². The lowest BCUT2D eigenvalue weighted by Crippen LogP contribution is -2.29. The highest BCUT2D eigenvalue weighted by atomic mass is 19.4. The minimum atomic E-state index is -4.31. The Kier molecular flexibility index (Phi) is 4.91. The molecule has 1 aromatic carbocycles. The van der Waals surface area contributed by atoms with Gasteiger partial charge in [0.1, 0.15) is 0 Å².